The van der Waals surface area contributed by atoms with Crippen LogP contribution in [0, 0.1) is 17.3 Å². The first kappa shape index (κ1) is 38.4. The average molecular weight is 770 g/mol. The second-order valence-corrected chi connectivity index (χ2v) is 18.6. The van der Waals surface area contributed by atoms with Crippen molar-refractivity contribution in [3.8, 4) is 22.5 Å². The Bertz CT molecular complexity index is 2000. The lowest BCUT2D eigenvalue weighted by atomic mass is 9.77. The van der Waals surface area contributed by atoms with Gasteiger partial charge in [-0.3, -0.25) is 23.9 Å². The molecular formula is C41H51N7O6S. The molecule has 55 heavy (non-hydrogen) atoms. The number of sulfonamides is 1. The number of likely N-dealkylation sites (tertiary alicyclic amines) is 2. The molecule has 3 heterocycles. The SMILES string of the molecule is C=C[C@@H]1C[C@]1(NC(=O)[C@@H]1C[C@@H](n2nc(-c3ccccc3)c(-c3ccccc3)n2)CN1C(=O)[C@@H](CC(=O)N1CCCCC1)C(C)(C)C)C(=O)NS(=O)(=O)C1CC1. The zero-order chi connectivity index (χ0) is 39.1. The van der Waals surface area contributed by atoms with E-state index in [0.29, 0.717) is 37.3 Å². The number of piperidine rings is 1. The minimum atomic E-state index is -3.89. The van der Waals surface area contributed by atoms with Crippen LogP contribution in [0.15, 0.2) is 73.3 Å². The molecule has 2 N–H and O–H groups in total. The fraction of sp³-hybridized carbons (Fsp3) is 0.512. The smallest absolute Gasteiger partial charge is 0.259 e. The molecule has 0 unspecified atom stereocenters. The van der Waals surface area contributed by atoms with E-state index in [1.807, 2.05) is 86.3 Å². The highest BCUT2D eigenvalue weighted by Gasteiger charge is 2.62. The summed E-state index contributed by atoms with van der Waals surface area (Å²) in [6.07, 6.45) is 5.70. The normalized spacial score (nSPS) is 24.5. The molecule has 0 spiro atoms. The van der Waals surface area contributed by atoms with E-state index in [1.54, 1.807) is 4.80 Å². The average Bonchev–Trinajstić information content (AvgIpc) is 4.07. The maximum Gasteiger partial charge on any atom is 0.259 e. The zero-order valence-corrected chi connectivity index (χ0v) is 32.6. The number of aromatic nitrogens is 3. The Morgan fingerprint density at radius 2 is 1.51 bits per heavy atom. The number of amides is 4. The van der Waals surface area contributed by atoms with E-state index in [4.69, 9.17) is 10.2 Å². The molecule has 2 aromatic carbocycles. The third kappa shape index (κ3) is 7.96. The van der Waals surface area contributed by atoms with Crippen molar-refractivity contribution in [3.05, 3.63) is 73.3 Å². The molecule has 2 saturated heterocycles. The Kier molecular flexibility index (Phi) is 10.5. The van der Waals surface area contributed by atoms with Gasteiger partial charge in [0.05, 0.1) is 17.2 Å². The molecule has 0 radical (unpaired) electrons. The molecular weight excluding hydrogens is 719 g/mol. The van der Waals surface area contributed by atoms with E-state index in [9.17, 15) is 27.6 Å². The Labute approximate surface area is 323 Å². The third-order valence-corrected chi connectivity index (χ3v) is 13.4. The maximum atomic E-state index is 14.9. The summed E-state index contributed by atoms with van der Waals surface area (Å²) < 4.78 is 27.8. The van der Waals surface area contributed by atoms with Crippen molar-refractivity contribution in [2.75, 3.05) is 19.6 Å². The molecule has 4 amide bonds. The van der Waals surface area contributed by atoms with E-state index in [-0.39, 0.29) is 37.6 Å². The van der Waals surface area contributed by atoms with E-state index >= 15 is 0 Å². The second-order valence-electron chi connectivity index (χ2n) is 16.6. The summed E-state index contributed by atoms with van der Waals surface area (Å²) in [7, 11) is -3.89. The lowest BCUT2D eigenvalue weighted by Gasteiger charge is -2.36. The van der Waals surface area contributed by atoms with Crippen LogP contribution in [0.4, 0.5) is 0 Å². The van der Waals surface area contributed by atoms with Crippen molar-refractivity contribution in [1.29, 1.82) is 0 Å². The number of hydrogen-bond acceptors (Lipinski definition) is 8. The number of nitrogens with one attached hydrogen (secondary N) is 2. The molecule has 4 aliphatic rings. The molecule has 3 aromatic rings. The molecule has 292 valence electrons. The molecule has 1 aromatic heterocycles. The number of rotatable bonds is 12. The van der Waals surface area contributed by atoms with Crippen LogP contribution in [0.3, 0.4) is 0 Å². The number of carbonyl (C=O) groups is 4. The van der Waals surface area contributed by atoms with Crippen LogP contribution < -0.4 is 10.0 Å². The van der Waals surface area contributed by atoms with Crippen molar-refractivity contribution in [2.45, 2.75) is 95.0 Å². The van der Waals surface area contributed by atoms with Gasteiger partial charge in [-0.25, -0.2) is 8.42 Å². The predicted molar refractivity (Wildman–Crippen MR) is 207 cm³/mol. The quantitative estimate of drug-likeness (QED) is 0.255. The van der Waals surface area contributed by atoms with E-state index in [0.717, 1.165) is 30.4 Å². The predicted octanol–water partition coefficient (Wildman–Crippen LogP) is 4.49. The van der Waals surface area contributed by atoms with Gasteiger partial charge in [0.15, 0.2) is 0 Å². The maximum absolute atomic E-state index is 14.9. The van der Waals surface area contributed by atoms with Crippen LogP contribution >= 0.6 is 0 Å². The van der Waals surface area contributed by atoms with Crippen molar-refractivity contribution < 1.29 is 27.6 Å². The van der Waals surface area contributed by atoms with Gasteiger partial charge < -0.3 is 15.1 Å². The summed E-state index contributed by atoms with van der Waals surface area (Å²) in [5.41, 5.74) is 0.861. The van der Waals surface area contributed by atoms with Crippen molar-refractivity contribution >= 4 is 33.7 Å². The number of carbonyl (C=O) groups excluding carboxylic acids is 4. The number of benzene rings is 2. The second kappa shape index (κ2) is 15.0. The van der Waals surface area contributed by atoms with Crippen LogP contribution in [0.5, 0.6) is 0 Å². The number of nitrogens with zero attached hydrogens (tertiary/aromatic N) is 5. The number of hydrogen-bond donors (Lipinski definition) is 2. The zero-order valence-electron chi connectivity index (χ0n) is 31.8. The van der Waals surface area contributed by atoms with Gasteiger partial charge in [-0.15, -0.1) is 6.58 Å². The Balaban J connectivity index is 1.22. The molecule has 2 saturated carbocycles. The lowest BCUT2D eigenvalue weighted by Crippen LogP contribution is -2.57. The van der Waals surface area contributed by atoms with Gasteiger partial charge in [0, 0.05) is 49.5 Å². The molecule has 2 aliphatic carbocycles. The van der Waals surface area contributed by atoms with Crippen molar-refractivity contribution in [3.63, 3.8) is 0 Å². The van der Waals surface area contributed by atoms with E-state index in [1.165, 1.54) is 11.0 Å². The van der Waals surface area contributed by atoms with Crippen LogP contribution in [-0.4, -0.2) is 93.3 Å². The first-order valence-electron chi connectivity index (χ1n) is 19.4. The summed E-state index contributed by atoms with van der Waals surface area (Å²) in [5, 5.41) is 12.2. The molecule has 0 bridgehead atoms. The van der Waals surface area contributed by atoms with Crippen molar-refractivity contribution in [2.24, 2.45) is 17.3 Å². The molecule has 7 rings (SSSR count). The van der Waals surface area contributed by atoms with Gasteiger partial charge in [0.1, 0.15) is 23.0 Å². The van der Waals surface area contributed by atoms with Gasteiger partial charge in [0.25, 0.3) is 5.91 Å². The highest BCUT2D eigenvalue weighted by molar-refractivity contribution is 7.91. The summed E-state index contributed by atoms with van der Waals surface area (Å²) in [6, 6.07) is 17.8. The summed E-state index contributed by atoms with van der Waals surface area (Å²) in [6.45, 7) is 11.0. The van der Waals surface area contributed by atoms with E-state index in [2.05, 4.69) is 16.6 Å². The largest absolute Gasteiger partial charge is 0.343 e. The first-order valence-corrected chi connectivity index (χ1v) is 20.9. The fourth-order valence-electron chi connectivity index (χ4n) is 7.97. The third-order valence-electron chi connectivity index (χ3n) is 11.6. The van der Waals surface area contributed by atoms with Crippen molar-refractivity contribution in [1.82, 2.24) is 34.8 Å². The van der Waals surface area contributed by atoms with Crippen LogP contribution in [-0.2, 0) is 29.2 Å². The molecule has 13 nitrogen and oxygen atoms in total. The Morgan fingerprint density at radius 3 is 2.02 bits per heavy atom. The fourth-order valence-corrected chi connectivity index (χ4v) is 9.33. The van der Waals surface area contributed by atoms with Gasteiger partial charge in [-0.05, 0) is 43.9 Å². The molecule has 5 atom stereocenters. The van der Waals surface area contributed by atoms with Gasteiger partial charge >= 0.3 is 0 Å². The topological polar surface area (TPSA) is 164 Å². The first-order chi connectivity index (χ1) is 26.2. The standard InChI is InChI=1S/C41H51N7O6S/c1-5-29-25-41(29,39(52)45-55(53,54)31-19-20-31)42-37(50)33-23-30(26-47(33)38(51)32(40(2,3)4)24-34(49)46-21-13-8-14-22-46)48-43-35(27-15-9-6-10-16-27)36(44-48)28-17-11-7-12-18-28/h5-7,9-12,15-18,29-33H,1,8,13-14,19-26H2,2-4H3,(H,42,50)(H,45,52)/t29-,30-,32-,33+,41-/m1/s1. The van der Waals surface area contributed by atoms with E-state index < -0.39 is 62.0 Å². The molecule has 4 fully saturated rings. The van der Waals surface area contributed by atoms with Crippen LogP contribution in [0.25, 0.3) is 22.5 Å². The van der Waals surface area contributed by atoms with Gasteiger partial charge in [0.2, 0.25) is 27.7 Å². The highest BCUT2D eigenvalue weighted by Crippen LogP contribution is 2.46. The Morgan fingerprint density at radius 1 is 0.927 bits per heavy atom. The summed E-state index contributed by atoms with van der Waals surface area (Å²) in [4.78, 5) is 61.6. The molecule has 14 heteroatoms. The van der Waals surface area contributed by atoms with Gasteiger partial charge in [-0.1, -0.05) is 87.5 Å². The van der Waals surface area contributed by atoms with Crippen LogP contribution in [0.2, 0.25) is 0 Å². The summed E-state index contributed by atoms with van der Waals surface area (Å²) >= 11 is 0. The molecule has 2 aliphatic heterocycles. The minimum Gasteiger partial charge on any atom is -0.343 e. The minimum absolute atomic E-state index is 0.00191. The lowest BCUT2D eigenvalue weighted by molar-refractivity contribution is -0.148. The monoisotopic (exact) mass is 769 g/mol. The summed E-state index contributed by atoms with van der Waals surface area (Å²) in [5.74, 6) is -3.07. The van der Waals surface area contributed by atoms with Gasteiger partial charge in [-0.2, -0.15) is 15.0 Å². The Hall–Kier alpha value is -4.85. The highest BCUT2D eigenvalue weighted by atomic mass is 32.2. The van der Waals surface area contributed by atoms with Crippen LogP contribution in [0.1, 0.15) is 78.2 Å².